The number of para-hydroxylation sites is 1. The molecule has 1 atom stereocenters. The van der Waals surface area contributed by atoms with E-state index < -0.39 is 11.5 Å². The van der Waals surface area contributed by atoms with Gasteiger partial charge in [0.05, 0.1) is 0 Å². The Labute approximate surface area is 181 Å². The van der Waals surface area contributed by atoms with Gasteiger partial charge in [0.2, 0.25) is 5.91 Å². The molecule has 0 spiro atoms. The lowest BCUT2D eigenvalue weighted by Gasteiger charge is -2.22. The van der Waals surface area contributed by atoms with E-state index >= 15 is 0 Å². The lowest BCUT2D eigenvalue weighted by molar-refractivity contribution is -0.117. The molecule has 1 aromatic heterocycles. The van der Waals surface area contributed by atoms with Crippen LogP contribution in [0.3, 0.4) is 0 Å². The second-order valence-corrected chi connectivity index (χ2v) is 8.05. The van der Waals surface area contributed by atoms with Crippen molar-refractivity contribution in [2.24, 2.45) is 0 Å². The van der Waals surface area contributed by atoms with Gasteiger partial charge in [0.25, 0.3) is 11.5 Å². The van der Waals surface area contributed by atoms with Crippen LogP contribution in [-0.2, 0) is 17.8 Å². The molecule has 0 bridgehead atoms. The molecular formula is C22H19BrN4O3. The molecule has 1 aliphatic heterocycles. The quantitative estimate of drug-likeness (QED) is 0.639. The molecule has 3 aromatic rings. The first kappa shape index (κ1) is 20.0. The standard InChI is InChI=1S/C22H19BrN4O3/c1-14-11-15-5-2-3-8-19(15)27(14)22(30)18-9-10-21(29)26(25-18)13-20(28)24-17-7-4-6-16(23)12-17/h2-10,12,14H,11,13H2,1H3,(H,24,28)/t14-/m0/s1. The van der Waals surface area contributed by atoms with E-state index in [9.17, 15) is 14.4 Å². The third kappa shape index (κ3) is 4.04. The highest BCUT2D eigenvalue weighted by Crippen LogP contribution is 2.32. The Morgan fingerprint density at radius 1 is 1.13 bits per heavy atom. The first-order valence-electron chi connectivity index (χ1n) is 9.47. The summed E-state index contributed by atoms with van der Waals surface area (Å²) in [6.45, 7) is 1.68. The molecule has 0 radical (unpaired) electrons. The molecule has 0 fully saturated rings. The first-order chi connectivity index (χ1) is 14.4. The van der Waals surface area contributed by atoms with Crippen molar-refractivity contribution in [3.8, 4) is 0 Å². The number of halogens is 1. The van der Waals surface area contributed by atoms with Crippen molar-refractivity contribution in [2.45, 2.75) is 25.9 Å². The number of fused-ring (bicyclic) bond motifs is 1. The van der Waals surface area contributed by atoms with Crippen LogP contribution in [-0.4, -0.2) is 27.6 Å². The van der Waals surface area contributed by atoms with Crippen molar-refractivity contribution in [1.82, 2.24) is 9.78 Å². The van der Waals surface area contributed by atoms with Gasteiger partial charge in [-0.05, 0) is 49.2 Å². The SMILES string of the molecule is C[C@H]1Cc2ccccc2N1C(=O)c1ccc(=O)n(CC(=O)Nc2cccc(Br)c2)n1. The largest absolute Gasteiger partial charge is 0.324 e. The smallest absolute Gasteiger partial charge is 0.278 e. The zero-order chi connectivity index (χ0) is 21.3. The minimum atomic E-state index is -0.453. The zero-order valence-corrected chi connectivity index (χ0v) is 17.8. The van der Waals surface area contributed by atoms with E-state index in [1.54, 1.807) is 23.1 Å². The van der Waals surface area contributed by atoms with Crippen LogP contribution in [0.1, 0.15) is 23.0 Å². The molecule has 0 unspecified atom stereocenters. The lowest BCUT2D eigenvalue weighted by atomic mass is 10.1. The number of rotatable bonds is 4. The van der Waals surface area contributed by atoms with Gasteiger partial charge >= 0.3 is 0 Å². The van der Waals surface area contributed by atoms with E-state index in [4.69, 9.17) is 0 Å². The van der Waals surface area contributed by atoms with E-state index in [1.165, 1.54) is 12.1 Å². The second-order valence-electron chi connectivity index (χ2n) is 7.13. The van der Waals surface area contributed by atoms with Gasteiger partial charge in [-0.2, -0.15) is 5.10 Å². The Morgan fingerprint density at radius 3 is 2.73 bits per heavy atom. The molecule has 0 saturated carbocycles. The van der Waals surface area contributed by atoms with Gasteiger partial charge in [-0.15, -0.1) is 0 Å². The number of nitrogens with one attached hydrogen (secondary N) is 1. The fourth-order valence-electron chi connectivity index (χ4n) is 3.58. The highest BCUT2D eigenvalue weighted by molar-refractivity contribution is 9.10. The van der Waals surface area contributed by atoms with Crippen LogP contribution in [0.15, 0.2) is 69.9 Å². The molecule has 7 nitrogen and oxygen atoms in total. The van der Waals surface area contributed by atoms with E-state index in [1.807, 2.05) is 37.3 Å². The van der Waals surface area contributed by atoms with Crippen LogP contribution in [0.4, 0.5) is 11.4 Å². The fourth-order valence-corrected chi connectivity index (χ4v) is 3.98. The molecule has 8 heteroatoms. The summed E-state index contributed by atoms with van der Waals surface area (Å²) in [5.41, 5.74) is 2.21. The summed E-state index contributed by atoms with van der Waals surface area (Å²) in [5, 5.41) is 6.88. The molecule has 1 N–H and O–H groups in total. The molecule has 0 aliphatic carbocycles. The summed E-state index contributed by atoms with van der Waals surface area (Å²) >= 11 is 3.34. The minimum absolute atomic E-state index is 0.0168. The number of nitrogens with zero attached hydrogens (tertiary/aromatic N) is 3. The van der Waals surface area contributed by atoms with Gasteiger partial charge < -0.3 is 10.2 Å². The number of amides is 2. The van der Waals surface area contributed by atoms with Crippen LogP contribution in [0.2, 0.25) is 0 Å². The number of carbonyl (C=O) groups excluding carboxylic acids is 2. The van der Waals surface area contributed by atoms with E-state index in [0.29, 0.717) is 5.69 Å². The number of benzene rings is 2. The Balaban J connectivity index is 1.55. The number of carbonyl (C=O) groups is 2. The monoisotopic (exact) mass is 466 g/mol. The maximum atomic E-state index is 13.1. The van der Waals surface area contributed by atoms with E-state index in [2.05, 4.69) is 26.3 Å². The van der Waals surface area contributed by atoms with Crippen LogP contribution in [0.5, 0.6) is 0 Å². The predicted molar refractivity (Wildman–Crippen MR) is 118 cm³/mol. The van der Waals surface area contributed by atoms with Gasteiger partial charge in [-0.25, -0.2) is 4.68 Å². The maximum absolute atomic E-state index is 13.1. The van der Waals surface area contributed by atoms with Gasteiger partial charge in [-0.1, -0.05) is 40.2 Å². The Morgan fingerprint density at radius 2 is 1.93 bits per heavy atom. The lowest BCUT2D eigenvalue weighted by Crippen LogP contribution is -2.38. The predicted octanol–water partition coefficient (Wildman–Crippen LogP) is 3.24. The average molecular weight is 467 g/mol. The average Bonchev–Trinajstić information content (AvgIpc) is 3.04. The number of hydrogen-bond donors (Lipinski definition) is 1. The van der Waals surface area contributed by atoms with Crippen LogP contribution >= 0.6 is 15.9 Å². The van der Waals surface area contributed by atoms with E-state index in [-0.39, 0.29) is 24.2 Å². The Hall–Kier alpha value is -3.26. The molecule has 30 heavy (non-hydrogen) atoms. The number of anilines is 2. The molecule has 2 heterocycles. The first-order valence-corrected chi connectivity index (χ1v) is 10.3. The maximum Gasteiger partial charge on any atom is 0.278 e. The van der Waals surface area contributed by atoms with Crippen LogP contribution in [0.25, 0.3) is 0 Å². The summed E-state index contributed by atoms with van der Waals surface area (Å²) < 4.78 is 1.83. The minimum Gasteiger partial charge on any atom is -0.324 e. The van der Waals surface area contributed by atoms with Crippen molar-refractivity contribution < 1.29 is 9.59 Å². The normalized spacial score (nSPS) is 15.0. The van der Waals surface area contributed by atoms with Gasteiger partial charge in [0.15, 0.2) is 0 Å². The van der Waals surface area contributed by atoms with Gasteiger partial charge in [-0.3, -0.25) is 14.4 Å². The topological polar surface area (TPSA) is 84.3 Å². The third-order valence-corrected chi connectivity index (χ3v) is 5.41. The second kappa shape index (κ2) is 8.23. The summed E-state index contributed by atoms with van der Waals surface area (Å²) in [5.74, 6) is -0.708. The molecule has 0 saturated heterocycles. The third-order valence-electron chi connectivity index (χ3n) is 4.91. The highest BCUT2D eigenvalue weighted by atomic mass is 79.9. The van der Waals surface area contributed by atoms with E-state index in [0.717, 1.165) is 26.8 Å². The van der Waals surface area contributed by atoms with Crippen molar-refractivity contribution in [2.75, 3.05) is 10.2 Å². The summed E-state index contributed by atoms with van der Waals surface area (Å²) in [4.78, 5) is 39.4. The highest BCUT2D eigenvalue weighted by Gasteiger charge is 2.32. The van der Waals surface area contributed by atoms with Crippen LogP contribution in [0, 0.1) is 0 Å². The molecule has 152 valence electrons. The molecule has 1 aliphatic rings. The van der Waals surface area contributed by atoms with Crippen molar-refractivity contribution in [3.63, 3.8) is 0 Å². The summed E-state index contributed by atoms with van der Waals surface area (Å²) in [6.07, 6.45) is 0.761. The molecule has 2 aromatic carbocycles. The van der Waals surface area contributed by atoms with Crippen molar-refractivity contribution in [3.05, 3.63) is 86.7 Å². The van der Waals surface area contributed by atoms with Crippen molar-refractivity contribution >= 4 is 39.1 Å². The van der Waals surface area contributed by atoms with Gasteiger partial charge in [0, 0.05) is 28.0 Å². The molecule has 2 amide bonds. The Bertz CT molecular complexity index is 1190. The Kier molecular flexibility index (Phi) is 5.50. The number of hydrogen-bond acceptors (Lipinski definition) is 4. The fraction of sp³-hybridized carbons (Fsp3) is 0.182. The summed E-state index contributed by atoms with van der Waals surface area (Å²) in [7, 11) is 0. The van der Waals surface area contributed by atoms with Crippen LogP contribution < -0.4 is 15.8 Å². The number of aromatic nitrogens is 2. The molecular weight excluding hydrogens is 448 g/mol. The summed E-state index contributed by atoms with van der Waals surface area (Å²) in [6, 6.07) is 17.5. The van der Waals surface area contributed by atoms with Gasteiger partial charge in [0.1, 0.15) is 12.2 Å². The molecule has 4 rings (SSSR count). The zero-order valence-electron chi connectivity index (χ0n) is 16.2. The van der Waals surface area contributed by atoms with Crippen molar-refractivity contribution in [1.29, 1.82) is 0 Å².